The van der Waals surface area contributed by atoms with Gasteiger partial charge in [0.05, 0.1) is 10.6 Å². The van der Waals surface area contributed by atoms with Crippen LogP contribution in [0.3, 0.4) is 0 Å². The molecule has 2 fully saturated rings. The van der Waals surface area contributed by atoms with Crippen molar-refractivity contribution in [1.82, 2.24) is 0 Å². The van der Waals surface area contributed by atoms with E-state index in [9.17, 15) is 9.90 Å². The van der Waals surface area contributed by atoms with Crippen molar-refractivity contribution < 1.29 is 14.3 Å². The Hall–Kier alpha value is -1.09. The molecule has 0 aromatic rings. The third-order valence-corrected chi connectivity index (χ3v) is 13.5. The summed E-state index contributed by atoms with van der Waals surface area (Å²) >= 11 is 6.93. The van der Waals surface area contributed by atoms with Crippen LogP contribution in [-0.4, -0.2) is 29.8 Å². The van der Waals surface area contributed by atoms with Gasteiger partial charge >= 0.3 is 0 Å². The van der Waals surface area contributed by atoms with Crippen molar-refractivity contribution in [2.24, 2.45) is 28.6 Å². The van der Waals surface area contributed by atoms with Gasteiger partial charge in [-0.05, 0) is 69.0 Å². The number of nitrogens with zero attached hydrogens (tertiary/aromatic N) is 1. The number of aliphatic hydroxyl groups is 1. The minimum atomic E-state index is -2.59. The third-order valence-electron chi connectivity index (χ3n) is 9.21. The van der Waals surface area contributed by atoms with E-state index >= 15 is 0 Å². The number of allylic oxidation sites excluding steroid dienone is 4. The average Bonchev–Trinajstić information content (AvgIpc) is 2.95. The number of halogens is 1. The summed E-state index contributed by atoms with van der Waals surface area (Å²) in [6.07, 6.45) is 11.0. The summed E-state index contributed by atoms with van der Waals surface area (Å²) in [5.41, 5.74) is 1.39. The number of fused-ring (bicyclic) bond motifs is 5. The molecule has 0 amide bonds. The van der Waals surface area contributed by atoms with Crippen LogP contribution in [-0.2, 0) is 9.22 Å². The van der Waals surface area contributed by atoms with Crippen LogP contribution in [0.4, 0.5) is 0 Å². The van der Waals surface area contributed by atoms with Gasteiger partial charge in [0.2, 0.25) is 0 Å². The smallest absolute Gasteiger partial charge is 0.282 e. The van der Waals surface area contributed by atoms with Gasteiger partial charge in [0.25, 0.3) is 14.6 Å². The molecule has 4 rings (SSSR count). The van der Waals surface area contributed by atoms with E-state index in [1.165, 1.54) is 11.1 Å². The fourth-order valence-electron chi connectivity index (χ4n) is 7.48. The van der Waals surface area contributed by atoms with Crippen LogP contribution in [0.15, 0.2) is 23.3 Å². The molecule has 30 heavy (non-hydrogen) atoms. The molecule has 4 aliphatic rings. The van der Waals surface area contributed by atoms with Crippen LogP contribution in [0.1, 0.15) is 59.3 Å². The van der Waals surface area contributed by atoms with Crippen LogP contribution in [0.25, 0.3) is 0 Å². The van der Waals surface area contributed by atoms with Gasteiger partial charge < -0.3 is 9.53 Å². The molecule has 0 bridgehead atoms. The average molecular weight is 448 g/mol. The lowest BCUT2D eigenvalue weighted by Gasteiger charge is -2.57. The van der Waals surface area contributed by atoms with E-state index in [1.54, 1.807) is 0 Å². The molecule has 0 radical (unpaired) electrons. The Kier molecular flexibility index (Phi) is 5.12. The molecule has 7 atom stereocenters. The maximum Gasteiger partial charge on any atom is 0.282 e. The summed E-state index contributed by atoms with van der Waals surface area (Å²) in [6, 6.07) is 0. The SMILES string of the molecule is CC1CC2C(=CC[C@@]3(C)C2CC[C@]3(O)[C@H](Cl)[Si](C)(C)OC#N)[C@@]2(C)CCC(=O)C=C12. The van der Waals surface area contributed by atoms with Crippen molar-refractivity contribution in [2.75, 3.05) is 0 Å². The molecule has 4 aliphatic carbocycles. The summed E-state index contributed by atoms with van der Waals surface area (Å²) in [4.78, 5) is 12.1. The Bertz CT molecular complexity index is 876. The standard InChI is InChI=1S/C24H34ClNO3Si/c1-15-12-17-18(22(2)9-6-16(27)13-20(15)22)7-10-23(3)19(17)8-11-24(23,28)21(25)30(4,5)29-14-26/h7,13,15,17,19,21,28H,6,8-12H2,1-5H3/t15?,17?,19?,21-,22-,23+,24+/m1/s1. The Morgan fingerprint density at radius 3 is 2.70 bits per heavy atom. The second-order valence-corrected chi connectivity index (χ2v) is 15.9. The van der Waals surface area contributed by atoms with Gasteiger partial charge in [0, 0.05) is 17.3 Å². The van der Waals surface area contributed by atoms with Crippen molar-refractivity contribution >= 4 is 25.7 Å². The predicted molar refractivity (Wildman–Crippen MR) is 120 cm³/mol. The molecule has 1 N–H and O–H groups in total. The maximum absolute atomic E-state index is 12.1. The highest BCUT2D eigenvalue weighted by Crippen LogP contribution is 2.67. The first kappa shape index (κ1) is 22.1. The van der Waals surface area contributed by atoms with E-state index in [-0.39, 0.29) is 16.6 Å². The summed E-state index contributed by atoms with van der Waals surface area (Å²) in [5, 5.41) is 20.5. The molecule has 0 spiro atoms. The number of alkyl halides is 1. The first-order chi connectivity index (χ1) is 13.9. The molecule has 0 heterocycles. The summed E-state index contributed by atoms with van der Waals surface area (Å²) in [5.74, 6) is 1.40. The van der Waals surface area contributed by atoms with Gasteiger partial charge in [-0.3, -0.25) is 4.79 Å². The Balaban J connectivity index is 1.74. The van der Waals surface area contributed by atoms with Crippen LogP contribution < -0.4 is 0 Å². The van der Waals surface area contributed by atoms with Gasteiger partial charge in [0.15, 0.2) is 5.78 Å². The zero-order valence-corrected chi connectivity index (χ0v) is 20.6. The number of ketones is 1. The van der Waals surface area contributed by atoms with Gasteiger partial charge in [-0.2, -0.15) is 5.26 Å². The zero-order chi connectivity index (χ0) is 22.1. The van der Waals surface area contributed by atoms with E-state index < -0.39 is 18.9 Å². The molecule has 4 nitrogen and oxygen atoms in total. The van der Waals surface area contributed by atoms with Crippen LogP contribution >= 0.6 is 11.6 Å². The van der Waals surface area contributed by atoms with Gasteiger partial charge in [-0.1, -0.05) is 38.0 Å². The highest BCUT2D eigenvalue weighted by atomic mass is 35.5. The Labute approximate surface area is 186 Å². The van der Waals surface area contributed by atoms with Crippen molar-refractivity contribution in [2.45, 2.75) is 83.0 Å². The first-order valence-corrected chi connectivity index (χ1v) is 14.7. The molecule has 0 saturated heterocycles. The minimum absolute atomic E-state index is 0.0312. The fraction of sp³-hybridized carbons (Fsp3) is 0.750. The normalized spacial score (nSPS) is 44.1. The van der Waals surface area contributed by atoms with Gasteiger partial charge in [0.1, 0.15) is 0 Å². The Morgan fingerprint density at radius 2 is 2.03 bits per heavy atom. The fourth-order valence-corrected chi connectivity index (χ4v) is 9.93. The van der Waals surface area contributed by atoms with E-state index in [4.69, 9.17) is 21.3 Å². The van der Waals surface area contributed by atoms with Gasteiger partial charge in [-0.15, -0.1) is 11.6 Å². The topological polar surface area (TPSA) is 70.3 Å². The van der Waals surface area contributed by atoms with E-state index in [0.717, 1.165) is 25.7 Å². The molecule has 2 saturated carbocycles. The molecular weight excluding hydrogens is 414 g/mol. The van der Waals surface area contributed by atoms with E-state index in [0.29, 0.717) is 30.6 Å². The summed E-state index contributed by atoms with van der Waals surface area (Å²) in [6.45, 7) is 10.6. The number of carbonyl (C=O) groups is 1. The number of hydrogen-bond donors (Lipinski definition) is 1. The lowest BCUT2D eigenvalue weighted by molar-refractivity contribution is -0.116. The molecule has 0 aromatic carbocycles. The monoisotopic (exact) mass is 447 g/mol. The highest BCUT2D eigenvalue weighted by molar-refractivity contribution is 6.80. The largest absolute Gasteiger partial charge is 0.481 e. The second-order valence-electron chi connectivity index (χ2n) is 11.2. The van der Waals surface area contributed by atoms with Crippen molar-refractivity contribution in [3.8, 4) is 6.26 Å². The zero-order valence-electron chi connectivity index (χ0n) is 18.8. The molecular formula is C24H34ClNO3Si. The van der Waals surface area contributed by atoms with Crippen molar-refractivity contribution in [3.05, 3.63) is 23.3 Å². The number of nitriles is 1. The lowest BCUT2D eigenvalue weighted by atomic mass is 9.49. The summed E-state index contributed by atoms with van der Waals surface area (Å²) in [7, 11) is -2.59. The molecule has 164 valence electrons. The minimum Gasteiger partial charge on any atom is -0.481 e. The molecule has 0 aromatic heterocycles. The third kappa shape index (κ3) is 2.83. The Morgan fingerprint density at radius 1 is 1.33 bits per heavy atom. The summed E-state index contributed by atoms with van der Waals surface area (Å²) < 4.78 is 5.41. The van der Waals surface area contributed by atoms with E-state index in [2.05, 4.69) is 26.8 Å². The lowest BCUT2D eigenvalue weighted by Crippen LogP contribution is -2.62. The maximum atomic E-state index is 12.1. The van der Waals surface area contributed by atoms with Crippen LogP contribution in [0, 0.1) is 40.1 Å². The van der Waals surface area contributed by atoms with Crippen molar-refractivity contribution in [3.63, 3.8) is 0 Å². The van der Waals surface area contributed by atoms with Crippen LogP contribution in [0.5, 0.6) is 0 Å². The highest BCUT2D eigenvalue weighted by Gasteiger charge is 2.67. The van der Waals surface area contributed by atoms with E-state index in [1.807, 2.05) is 25.4 Å². The van der Waals surface area contributed by atoms with Crippen molar-refractivity contribution in [1.29, 1.82) is 5.26 Å². The quantitative estimate of drug-likeness (QED) is 0.277. The van der Waals surface area contributed by atoms with Crippen LogP contribution in [0.2, 0.25) is 13.1 Å². The number of carbonyl (C=O) groups excluding carboxylic acids is 1. The first-order valence-electron chi connectivity index (χ1n) is 11.3. The second kappa shape index (κ2) is 6.95. The predicted octanol–water partition coefficient (Wildman–Crippen LogP) is 5.26. The number of rotatable bonds is 3. The number of hydrogen-bond acceptors (Lipinski definition) is 4. The van der Waals surface area contributed by atoms with Gasteiger partial charge in [-0.25, -0.2) is 0 Å². The molecule has 0 aliphatic heterocycles. The molecule has 3 unspecified atom stereocenters. The molecule has 6 heteroatoms.